The Kier molecular flexibility index (Phi) is 2.69. The lowest BCUT2D eigenvalue weighted by atomic mass is 10.3. The molecule has 1 aromatic rings. The summed E-state index contributed by atoms with van der Waals surface area (Å²) in [4.78, 5) is 10.7. The Morgan fingerprint density at radius 3 is 2.54 bits per heavy atom. The molecule has 1 atom stereocenters. The molecule has 0 radical (unpaired) electrons. The molecule has 0 amide bonds. The van der Waals surface area contributed by atoms with Crippen LogP contribution in [0.15, 0.2) is 12.3 Å². The lowest BCUT2D eigenvalue weighted by Crippen LogP contribution is -2.13. The maximum Gasteiger partial charge on any atom is 0.289 e. The zero-order valence-electron chi connectivity index (χ0n) is 6.75. The highest BCUT2D eigenvalue weighted by molar-refractivity contribution is 5.91. The van der Waals surface area contributed by atoms with Gasteiger partial charge in [0.25, 0.3) is 12.7 Å². The number of nitrogens with zero attached hydrogens (tertiary/aromatic N) is 2. The summed E-state index contributed by atoms with van der Waals surface area (Å²) in [5, 5.41) is 3.34. The van der Waals surface area contributed by atoms with E-state index in [1.54, 1.807) is 0 Å². The number of hydrogen-bond donors (Lipinski definition) is 0. The molecule has 6 heteroatoms. The van der Waals surface area contributed by atoms with Crippen molar-refractivity contribution in [1.82, 2.24) is 9.78 Å². The normalized spacial score (nSPS) is 13.3. The molecule has 0 aromatic carbocycles. The van der Waals surface area contributed by atoms with Crippen molar-refractivity contribution < 1.29 is 18.0 Å². The van der Waals surface area contributed by atoms with Crippen LogP contribution in [0.1, 0.15) is 23.7 Å². The smallest absolute Gasteiger partial charge is 0.289 e. The van der Waals surface area contributed by atoms with Gasteiger partial charge in [-0.1, -0.05) is 0 Å². The van der Waals surface area contributed by atoms with Crippen LogP contribution < -0.4 is 0 Å². The summed E-state index contributed by atoms with van der Waals surface area (Å²) in [7, 11) is 0. The first-order chi connectivity index (χ1) is 6.02. The minimum Gasteiger partial charge on any atom is -0.293 e. The summed E-state index contributed by atoms with van der Waals surface area (Å²) >= 11 is 0. The van der Waals surface area contributed by atoms with Gasteiger partial charge >= 0.3 is 0 Å². The number of rotatable bonds is 3. The highest BCUT2D eigenvalue weighted by atomic mass is 19.3. The number of hydrogen-bond acceptors (Lipinski definition) is 2. The van der Waals surface area contributed by atoms with Crippen molar-refractivity contribution >= 4 is 5.78 Å². The maximum atomic E-state index is 12.6. The fourth-order valence-corrected chi connectivity index (χ4v) is 0.779. The van der Waals surface area contributed by atoms with Crippen LogP contribution in [-0.4, -0.2) is 22.0 Å². The molecule has 0 saturated carbocycles. The summed E-state index contributed by atoms with van der Waals surface area (Å²) in [6.45, 7) is 1.22. The summed E-state index contributed by atoms with van der Waals surface area (Å²) in [6.07, 6.45) is -4.62. The first kappa shape index (κ1) is 9.76. The van der Waals surface area contributed by atoms with Gasteiger partial charge in [-0.25, -0.2) is 17.9 Å². The molecule has 0 aliphatic carbocycles. The molecule has 1 rings (SSSR count). The van der Waals surface area contributed by atoms with Gasteiger partial charge in [-0.05, 0) is 6.07 Å². The van der Waals surface area contributed by atoms with E-state index in [1.807, 2.05) is 0 Å². The molecule has 1 aromatic heterocycles. The van der Waals surface area contributed by atoms with Gasteiger partial charge in [0, 0.05) is 13.1 Å². The Hall–Kier alpha value is -1.33. The van der Waals surface area contributed by atoms with Crippen molar-refractivity contribution in [3.8, 4) is 0 Å². The summed E-state index contributed by atoms with van der Waals surface area (Å²) in [6, 6.07) is 1.19. The lowest BCUT2D eigenvalue weighted by molar-refractivity contribution is 0.000590. The summed E-state index contributed by atoms with van der Waals surface area (Å²) in [5.41, 5.74) is -0.0247. The van der Waals surface area contributed by atoms with Crippen molar-refractivity contribution in [3.63, 3.8) is 0 Å². The molecular formula is C7H7F3N2O. The van der Waals surface area contributed by atoms with Gasteiger partial charge in [0.1, 0.15) is 5.69 Å². The largest absolute Gasteiger partial charge is 0.293 e. The fraction of sp³-hybridized carbons (Fsp3) is 0.429. The van der Waals surface area contributed by atoms with Gasteiger partial charge in [-0.2, -0.15) is 5.10 Å². The lowest BCUT2D eigenvalue weighted by Gasteiger charge is -2.05. The second-order valence-electron chi connectivity index (χ2n) is 2.44. The second-order valence-corrected chi connectivity index (χ2v) is 2.44. The van der Waals surface area contributed by atoms with Gasteiger partial charge < -0.3 is 0 Å². The SMILES string of the molecule is CC(=O)c1ccn(C(F)C(F)F)n1. The summed E-state index contributed by atoms with van der Waals surface area (Å²) in [5.74, 6) is -0.389. The number of carbonyl (C=O) groups excluding carboxylic acids is 1. The van der Waals surface area contributed by atoms with Crippen LogP contribution >= 0.6 is 0 Å². The Labute approximate surface area is 72.2 Å². The number of halogens is 3. The molecule has 1 heterocycles. The zero-order chi connectivity index (χ0) is 10.0. The third kappa shape index (κ3) is 2.07. The molecule has 72 valence electrons. The zero-order valence-corrected chi connectivity index (χ0v) is 6.75. The van der Waals surface area contributed by atoms with E-state index in [0.717, 1.165) is 6.20 Å². The quantitative estimate of drug-likeness (QED) is 0.684. The minimum absolute atomic E-state index is 0.0247. The molecule has 0 N–H and O–H groups in total. The van der Waals surface area contributed by atoms with E-state index in [2.05, 4.69) is 5.10 Å². The van der Waals surface area contributed by atoms with E-state index in [1.165, 1.54) is 13.0 Å². The Morgan fingerprint density at radius 1 is 1.54 bits per heavy atom. The number of aromatic nitrogens is 2. The van der Waals surface area contributed by atoms with Crippen molar-refractivity contribution in [2.45, 2.75) is 19.6 Å². The van der Waals surface area contributed by atoms with E-state index in [0.29, 0.717) is 4.68 Å². The van der Waals surface area contributed by atoms with Crippen LogP contribution in [0, 0.1) is 0 Å². The predicted octanol–water partition coefficient (Wildman–Crippen LogP) is 1.82. The van der Waals surface area contributed by atoms with Crippen LogP contribution in [0.3, 0.4) is 0 Å². The first-order valence-electron chi connectivity index (χ1n) is 3.50. The molecule has 1 unspecified atom stereocenters. The molecule has 3 nitrogen and oxygen atoms in total. The molecule has 0 bridgehead atoms. The van der Waals surface area contributed by atoms with E-state index >= 15 is 0 Å². The number of carbonyl (C=O) groups is 1. The van der Waals surface area contributed by atoms with Crippen molar-refractivity contribution in [2.75, 3.05) is 0 Å². The fourth-order valence-electron chi connectivity index (χ4n) is 0.779. The molecule has 0 aliphatic rings. The van der Waals surface area contributed by atoms with E-state index in [9.17, 15) is 18.0 Å². The van der Waals surface area contributed by atoms with Crippen LogP contribution in [-0.2, 0) is 0 Å². The summed E-state index contributed by atoms with van der Waals surface area (Å²) < 4.78 is 36.6. The second kappa shape index (κ2) is 3.59. The highest BCUT2D eigenvalue weighted by Crippen LogP contribution is 2.16. The third-order valence-corrected chi connectivity index (χ3v) is 1.43. The molecular weight excluding hydrogens is 185 g/mol. The molecule has 0 aliphatic heterocycles. The van der Waals surface area contributed by atoms with Gasteiger partial charge in [0.2, 0.25) is 0 Å². The first-order valence-corrected chi connectivity index (χ1v) is 3.50. The van der Waals surface area contributed by atoms with Gasteiger partial charge in [-0.3, -0.25) is 4.79 Å². The van der Waals surface area contributed by atoms with Gasteiger partial charge in [-0.15, -0.1) is 0 Å². The third-order valence-electron chi connectivity index (χ3n) is 1.43. The van der Waals surface area contributed by atoms with E-state index in [4.69, 9.17) is 0 Å². The highest BCUT2D eigenvalue weighted by Gasteiger charge is 2.22. The van der Waals surface area contributed by atoms with E-state index < -0.39 is 12.7 Å². The van der Waals surface area contributed by atoms with Gasteiger partial charge in [0.05, 0.1) is 0 Å². The predicted molar refractivity (Wildman–Crippen MR) is 38.4 cm³/mol. The van der Waals surface area contributed by atoms with Crippen LogP contribution in [0.2, 0.25) is 0 Å². The minimum atomic E-state index is -3.14. The van der Waals surface area contributed by atoms with Crippen molar-refractivity contribution in [2.24, 2.45) is 0 Å². The van der Waals surface area contributed by atoms with E-state index in [-0.39, 0.29) is 11.5 Å². The van der Waals surface area contributed by atoms with Gasteiger partial charge in [0.15, 0.2) is 5.78 Å². The molecule has 0 saturated heterocycles. The topological polar surface area (TPSA) is 34.9 Å². The maximum absolute atomic E-state index is 12.6. The number of Topliss-reactive ketones (excluding diaryl/α,β-unsaturated/α-hetero) is 1. The Balaban J connectivity index is 2.85. The number of ketones is 1. The van der Waals surface area contributed by atoms with Crippen LogP contribution in [0.5, 0.6) is 0 Å². The molecule has 0 spiro atoms. The number of alkyl halides is 3. The Morgan fingerprint density at radius 2 is 2.15 bits per heavy atom. The van der Waals surface area contributed by atoms with Crippen LogP contribution in [0.4, 0.5) is 13.2 Å². The van der Waals surface area contributed by atoms with Crippen LogP contribution in [0.25, 0.3) is 0 Å². The molecule has 0 fully saturated rings. The average molecular weight is 192 g/mol. The average Bonchev–Trinajstić information content (AvgIpc) is 2.50. The standard InChI is InChI=1S/C7H7F3N2O/c1-4(13)5-2-3-12(11-5)7(10)6(8)9/h2-3,6-7H,1H3. The monoisotopic (exact) mass is 192 g/mol. The Bertz CT molecular complexity index is 310. The van der Waals surface area contributed by atoms with Crippen molar-refractivity contribution in [1.29, 1.82) is 0 Å². The van der Waals surface area contributed by atoms with Crippen molar-refractivity contribution in [3.05, 3.63) is 18.0 Å². The molecule has 13 heavy (non-hydrogen) atoms.